The molecule has 1 atom stereocenters. The lowest BCUT2D eigenvalue weighted by Gasteiger charge is -2.26. The minimum absolute atomic E-state index is 0.592. The molecule has 23 heavy (non-hydrogen) atoms. The SMILES string of the molecule is CC[Si](CC)(CC)O/C=C/C(C)CC/C=C(\C)CCC=C(C)C. The van der Waals surface area contributed by atoms with Crippen molar-refractivity contribution in [3.8, 4) is 0 Å². The van der Waals surface area contributed by atoms with E-state index >= 15 is 0 Å². The molecule has 0 aromatic rings. The molecular weight excluding hydrogens is 296 g/mol. The van der Waals surface area contributed by atoms with E-state index in [9.17, 15) is 0 Å². The van der Waals surface area contributed by atoms with Crippen molar-refractivity contribution < 1.29 is 4.43 Å². The Bertz CT molecular complexity index is 376. The van der Waals surface area contributed by atoms with Gasteiger partial charge < -0.3 is 4.43 Å². The number of rotatable bonds is 12. The van der Waals surface area contributed by atoms with E-state index in [-0.39, 0.29) is 0 Å². The second-order valence-electron chi connectivity index (χ2n) is 7.12. The second kappa shape index (κ2) is 12.6. The van der Waals surface area contributed by atoms with E-state index in [1.54, 1.807) is 0 Å². The van der Waals surface area contributed by atoms with Crippen LogP contribution in [0.2, 0.25) is 18.1 Å². The second-order valence-corrected chi connectivity index (χ2v) is 11.8. The topological polar surface area (TPSA) is 9.23 Å². The van der Waals surface area contributed by atoms with E-state index in [2.05, 4.69) is 66.7 Å². The summed E-state index contributed by atoms with van der Waals surface area (Å²) in [5, 5.41) is 0. The zero-order valence-electron chi connectivity index (χ0n) is 16.7. The van der Waals surface area contributed by atoms with Gasteiger partial charge in [-0.25, -0.2) is 0 Å². The number of hydrogen-bond donors (Lipinski definition) is 0. The van der Waals surface area contributed by atoms with Gasteiger partial charge in [-0.3, -0.25) is 0 Å². The summed E-state index contributed by atoms with van der Waals surface area (Å²) in [6.07, 6.45) is 13.7. The smallest absolute Gasteiger partial charge is 0.249 e. The Labute approximate surface area is 147 Å². The summed E-state index contributed by atoms with van der Waals surface area (Å²) in [6.45, 7) is 15.7. The predicted octanol–water partition coefficient (Wildman–Crippen LogP) is 7.63. The fraction of sp³-hybridized carbons (Fsp3) is 0.714. The first-order chi connectivity index (χ1) is 10.9. The van der Waals surface area contributed by atoms with Crippen molar-refractivity contribution in [3.05, 3.63) is 35.6 Å². The largest absolute Gasteiger partial charge is 0.549 e. The molecule has 1 unspecified atom stereocenters. The highest BCUT2D eigenvalue weighted by Gasteiger charge is 2.28. The fourth-order valence-electron chi connectivity index (χ4n) is 2.70. The van der Waals surface area contributed by atoms with Crippen LogP contribution in [0.4, 0.5) is 0 Å². The lowest BCUT2D eigenvalue weighted by molar-refractivity contribution is 0.450. The summed E-state index contributed by atoms with van der Waals surface area (Å²) >= 11 is 0. The van der Waals surface area contributed by atoms with Gasteiger partial charge in [0, 0.05) is 0 Å². The summed E-state index contributed by atoms with van der Waals surface area (Å²) in [4.78, 5) is 0. The van der Waals surface area contributed by atoms with Crippen molar-refractivity contribution in [1.29, 1.82) is 0 Å². The first kappa shape index (κ1) is 22.2. The minimum Gasteiger partial charge on any atom is -0.549 e. The molecule has 0 radical (unpaired) electrons. The Kier molecular flexibility index (Phi) is 12.2. The maximum Gasteiger partial charge on any atom is 0.249 e. The van der Waals surface area contributed by atoms with E-state index < -0.39 is 8.32 Å². The molecule has 0 aromatic carbocycles. The Morgan fingerprint density at radius 2 is 1.57 bits per heavy atom. The molecule has 1 nitrogen and oxygen atoms in total. The molecule has 0 aliphatic heterocycles. The fourth-order valence-corrected chi connectivity index (χ4v) is 5.06. The molecule has 134 valence electrons. The summed E-state index contributed by atoms with van der Waals surface area (Å²) in [6, 6.07) is 3.64. The van der Waals surface area contributed by atoms with Gasteiger partial charge in [0.2, 0.25) is 8.32 Å². The molecule has 0 heterocycles. The highest BCUT2D eigenvalue weighted by Crippen LogP contribution is 2.22. The third-order valence-corrected chi connectivity index (χ3v) is 9.37. The zero-order chi connectivity index (χ0) is 17.7. The van der Waals surface area contributed by atoms with Gasteiger partial charge in [-0.15, -0.1) is 0 Å². The normalized spacial score (nSPS) is 14.1. The van der Waals surface area contributed by atoms with Crippen LogP contribution in [0.25, 0.3) is 0 Å². The van der Waals surface area contributed by atoms with Crippen molar-refractivity contribution in [3.63, 3.8) is 0 Å². The standard InChI is InChI=1S/C21H40OSi/c1-8-23(9-2,10-3)22-18-17-21(7)16-12-15-20(6)14-11-13-19(4)5/h13,15,17-18,21H,8-12,14,16H2,1-7H3/b18-17+,20-15+. The van der Waals surface area contributed by atoms with Crippen LogP contribution in [-0.4, -0.2) is 8.32 Å². The van der Waals surface area contributed by atoms with Crippen molar-refractivity contribution in [2.45, 2.75) is 92.3 Å². The summed E-state index contributed by atoms with van der Waals surface area (Å²) in [5.41, 5.74) is 2.94. The van der Waals surface area contributed by atoms with Crippen LogP contribution in [0.5, 0.6) is 0 Å². The van der Waals surface area contributed by atoms with E-state index in [1.165, 1.54) is 55.0 Å². The highest BCUT2D eigenvalue weighted by atomic mass is 28.4. The van der Waals surface area contributed by atoms with Crippen LogP contribution in [0, 0.1) is 5.92 Å². The molecule has 0 N–H and O–H groups in total. The van der Waals surface area contributed by atoms with Crippen LogP contribution in [0.3, 0.4) is 0 Å². The average Bonchev–Trinajstić information content (AvgIpc) is 2.51. The van der Waals surface area contributed by atoms with Crippen molar-refractivity contribution >= 4 is 8.32 Å². The quantitative estimate of drug-likeness (QED) is 0.202. The lowest BCUT2D eigenvalue weighted by atomic mass is 10.0. The van der Waals surface area contributed by atoms with Crippen LogP contribution in [0.15, 0.2) is 35.6 Å². The third-order valence-electron chi connectivity index (χ3n) is 4.86. The average molecular weight is 337 g/mol. The van der Waals surface area contributed by atoms with Crippen LogP contribution >= 0.6 is 0 Å². The van der Waals surface area contributed by atoms with Gasteiger partial charge in [0.25, 0.3) is 0 Å². The molecule has 2 heteroatoms. The summed E-state index contributed by atoms with van der Waals surface area (Å²) < 4.78 is 6.19. The third kappa shape index (κ3) is 10.6. The molecule has 0 bridgehead atoms. The predicted molar refractivity (Wildman–Crippen MR) is 108 cm³/mol. The molecule has 0 aliphatic carbocycles. The van der Waals surface area contributed by atoms with Gasteiger partial charge in [0.15, 0.2) is 0 Å². The Morgan fingerprint density at radius 1 is 0.957 bits per heavy atom. The van der Waals surface area contributed by atoms with Gasteiger partial charge in [-0.1, -0.05) is 51.0 Å². The van der Waals surface area contributed by atoms with Gasteiger partial charge >= 0.3 is 0 Å². The minimum atomic E-state index is -1.46. The van der Waals surface area contributed by atoms with Gasteiger partial charge in [0.1, 0.15) is 0 Å². The Morgan fingerprint density at radius 3 is 2.09 bits per heavy atom. The monoisotopic (exact) mass is 336 g/mol. The van der Waals surface area contributed by atoms with Gasteiger partial charge in [0.05, 0.1) is 6.26 Å². The van der Waals surface area contributed by atoms with Crippen molar-refractivity contribution in [1.82, 2.24) is 0 Å². The number of allylic oxidation sites excluding steroid dienone is 5. The zero-order valence-corrected chi connectivity index (χ0v) is 17.7. The van der Waals surface area contributed by atoms with Crippen LogP contribution < -0.4 is 0 Å². The van der Waals surface area contributed by atoms with E-state index in [0.29, 0.717) is 5.92 Å². The molecular formula is C21H40OSi. The molecule has 0 fully saturated rings. The molecule has 0 rings (SSSR count). The van der Waals surface area contributed by atoms with E-state index in [0.717, 1.165) is 0 Å². The molecule has 0 aliphatic rings. The van der Waals surface area contributed by atoms with E-state index in [4.69, 9.17) is 4.43 Å². The molecule has 0 spiro atoms. The van der Waals surface area contributed by atoms with Gasteiger partial charge in [-0.2, -0.15) is 0 Å². The summed E-state index contributed by atoms with van der Waals surface area (Å²) in [7, 11) is -1.46. The Balaban J connectivity index is 4.13. The highest BCUT2D eigenvalue weighted by molar-refractivity contribution is 6.73. The maximum atomic E-state index is 6.19. The van der Waals surface area contributed by atoms with E-state index in [1.807, 2.05) is 6.26 Å². The van der Waals surface area contributed by atoms with Crippen molar-refractivity contribution in [2.24, 2.45) is 5.92 Å². The first-order valence-corrected chi connectivity index (χ1v) is 12.1. The lowest BCUT2D eigenvalue weighted by Crippen LogP contribution is -2.33. The Hall–Kier alpha value is -0.763. The molecule has 0 aromatic heterocycles. The van der Waals surface area contributed by atoms with Crippen LogP contribution in [-0.2, 0) is 4.43 Å². The summed E-state index contributed by atoms with van der Waals surface area (Å²) in [5.74, 6) is 0.592. The maximum absolute atomic E-state index is 6.19. The van der Waals surface area contributed by atoms with Crippen molar-refractivity contribution in [2.75, 3.05) is 0 Å². The first-order valence-electron chi connectivity index (χ1n) is 9.52. The van der Waals surface area contributed by atoms with Crippen LogP contribution in [0.1, 0.15) is 74.1 Å². The number of hydrogen-bond acceptors (Lipinski definition) is 1. The molecule has 0 saturated carbocycles. The van der Waals surface area contributed by atoms with Gasteiger partial charge in [-0.05, 0) is 76.6 Å². The molecule has 0 amide bonds. The molecule has 0 saturated heterocycles.